The van der Waals surface area contributed by atoms with E-state index in [1.807, 2.05) is 30.3 Å². The Morgan fingerprint density at radius 2 is 1.72 bits per heavy atom. The molecule has 0 heterocycles. The number of rotatable bonds is 7. The molecule has 3 rings (SSSR count). The molecule has 0 spiro atoms. The summed E-state index contributed by atoms with van der Waals surface area (Å²) in [4.78, 5) is 23.9. The van der Waals surface area contributed by atoms with E-state index in [1.165, 1.54) is 12.1 Å². The van der Waals surface area contributed by atoms with Crippen molar-refractivity contribution in [3.05, 3.63) is 71.5 Å². The van der Waals surface area contributed by atoms with Gasteiger partial charge in [0.15, 0.2) is 0 Å². The van der Waals surface area contributed by atoms with Crippen molar-refractivity contribution in [1.29, 1.82) is 0 Å². The van der Waals surface area contributed by atoms with Crippen LogP contribution in [0.25, 0.3) is 0 Å². The molecule has 0 aliphatic heterocycles. The summed E-state index contributed by atoms with van der Waals surface area (Å²) in [7, 11) is 0. The normalized spacial score (nSPS) is 14.6. The van der Waals surface area contributed by atoms with Gasteiger partial charge in [0.05, 0.1) is 12.6 Å². The van der Waals surface area contributed by atoms with E-state index in [9.17, 15) is 14.0 Å². The number of hydrogen-bond acceptors (Lipinski definition) is 2. The Labute approximate surface area is 146 Å². The van der Waals surface area contributed by atoms with Gasteiger partial charge in [0, 0.05) is 5.92 Å². The van der Waals surface area contributed by atoms with Gasteiger partial charge in [0.25, 0.3) is 0 Å². The zero-order valence-electron chi connectivity index (χ0n) is 13.9. The van der Waals surface area contributed by atoms with Gasteiger partial charge >= 0.3 is 0 Å². The first-order valence-electron chi connectivity index (χ1n) is 8.48. The highest BCUT2D eigenvalue weighted by Crippen LogP contribution is 2.28. The van der Waals surface area contributed by atoms with Crippen LogP contribution in [0, 0.1) is 11.7 Å². The van der Waals surface area contributed by atoms with Crippen LogP contribution in [0.5, 0.6) is 0 Å². The first-order chi connectivity index (χ1) is 12.1. The fourth-order valence-corrected chi connectivity index (χ4v) is 2.70. The summed E-state index contributed by atoms with van der Waals surface area (Å²) in [5, 5.41) is 5.64. The molecular formula is C20H21FN2O2. The molecule has 0 bridgehead atoms. The average molecular weight is 340 g/mol. The van der Waals surface area contributed by atoms with E-state index in [2.05, 4.69) is 10.6 Å². The zero-order chi connectivity index (χ0) is 17.6. The van der Waals surface area contributed by atoms with Crippen LogP contribution in [0.1, 0.15) is 30.0 Å². The number of benzene rings is 2. The minimum absolute atomic E-state index is 0.0257. The molecule has 1 fully saturated rings. The smallest absolute Gasteiger partial charge is 0.239 e. The predicted octanol–water partition coefficient (Wildman–Crippen LogP) is 2.75. The van der Waals surface area contributed by atoms with Crippen molar-refractivity contribution >= 4 is 11.8 Å². The Kier molecular flexibility index (Phi) is 5.43. The monoisotopic (exact) mass is 340 g/mol. The summed E-state index contributed by atoms with van der Waals surface area (Å²) in [5.74, 6) is -0.487. The van der Waals surface area contributed by atoms with Crippen LogP contribution in [0.4, 0.5) is 4.39 Å². The van der Waals surface area contributed by atoms with E-state index in [0.29, 0.717) is 6.42 Å². The highest BCUT2D eigenvalue weighted by molar-refractivity contribution is 5.87. The number of halogens is 1. The lowest BCUT2D eigenvalue weighted by atomic mass is 9.99. The second-order valence-corrected chi connectivity index (χ2v) is 6.35. The lowest BCUT2D eigenvalue weighted by Crippen LogP contribution is -2.39. The first-order valence-corrected chi connectivity index (χ1v) is 8.48. The fraction of sp³-hybridized carbons (Fsp3) is 0.300. The predicted molar refractivity (Wildman–Crippen MR) is 93.2 cm³/mol. The number of hydrogen-bond donors (Lipinski definition) is 2. The van der Waals surface area contributed by atoms with Gasteiger partial charge in [-0.15, -0.1) is 0 Å². The zero-order valence-corrected chi connectivity index (χ0v) is 13.9. The number of nitrogens with one attached hydrogen (secondary N) is 2. The molecule has 0 saturated heterocycles. The molecule has 0 unspecified atom stereocenters. The molecule has 2 aromatic carbocycles. The number of carbonyl (C=O) groups is 2. The minimum atomic E-state index is -0.285. The Hall–Kier alpha value is -2.69. The molecule has 2 N–H and O–H groups in total. The molecule has 1 aliphatic carbocycles. The number of carbonyl (C=O) groups excluding carboxylic acids is 2. The van der Waals surface area contributed by atoms with Crippen molar-refractivity contribution in [2.24, 2.45) is 5.92 Å². The van der Waals surface area contributed by atoms with E-state index in [1.54, 1.807) is 12.1 Å². The molecule has 2 aromatic rings. The fourth-order valence-electron chi connectivity index (χ4n) is 2.70. The molecule has 130 valence electrons. The summed E-state index contributed by atoms with van der Waals surface area (Å²) in [6.07, 6.45) is 2.36. The van der Waals surface area contributed by atoms with E-state index in [4.69, 9.17) is 0 Å². The van der Waals surface area contributed by atoms with Crippen LogP contribution in [0.2, 0.25) is 0 Å². The van der Waals surface area contributed by atoms with Crippen LogP contribution in [-0.4, -0.2) is 18.4 Å². The molecule has 1 atom stereocenters. The van der Waals surface area contributed by atoms with E-state index in [-0.39, 0.29) is 36.1 Å². The Morgan fingerprint density at radius 3 is 2.36 bits per heavy atom. The summed E-state index contributed by atoms with van der Waals surface area (Å²) in [6, 6.07) is 15.6. The minimum Gasteiger partial charge on any atom is -0.347 e. The molecule has 4 nitrogen and oxygen atoms in total. The van der Waals surface area contributed by atoms with Crippen molar-refractivity contribution in [1.82, 2.24) is 10.6 Å². The van der Waals surface area contributed by atoms with Gasteiger partial charge in [0.1, 0.15) is 5.82 Å². The van der Waals surface area contributed by atoms with Crippen LogP contribution in [0.3, 0.4) is 0 Å². The Bertz CT molecular complexity index is 727. The van der Waals surface area contributed by atoms with Crippen molar-refractivity contribution < 1.29 is 14.0 Å². The first kappa shape index (κ1) is 17.1. The van der Waals surface area contributed by atoms with Gasteiger partial charge in [-0.1, -0.05) is 42.5 Å². The van der Waals surface area contributed by atoms with E-state index >= 15 is 0 Å². The molecule has 0 radical (unpaired) electrons. The third kappa shape index (κ3) is 5.14. The van der Waals surface area contributed by atoms with Crippen molar-refractivity contribution in [2.45, 2.75) is 25.3 Å². The molecule has 5 heteroatoms. The molecule has 1 aliphatic rings. The summed E-state index contributed by atoms with van der Waals surface area (Å²) < 4.78 is 13.1. The SMILES string of the molecule is O=C(CNC(=O)C1CC1)N[C@H](Cc1ccc(F)cc1)c1ccccc1. The second-order valence-electron chi connectivity index (χ2n) is 6.35. The van der Waals surface area contributed by atoms with Gasteiger partial charge in [-0.05, 0) is 42.5 Å². The standard InChI is InChI=1S/C20H21FN2O2/c21-17-10-6-14(7-11-17)12-18(15-4-2-1-3-5-15)23-19(24)13-22-20(25)16-8-9-16/h1-7,10-11,16,18H,8-9,12-13H2,(H,22,25)(H,23,24)/t18-/m1/s1. The van der Waals surface area contributed by atoms with Gasteiger partial charge < -0.3 is 10.6 Å². The van der Waals surface area contributed by atoms with E-state index < -0.39 is 0 Å². The molecular weight excluding hydrogens is 319 g/mol. The molecule has 2 amide bonds. The summed E-state index contributed by atoms with van der Waals surface area (Å²) in [6.45, 7) is -0.0257. The van der Waals surface area contributed by atoms with Gasteiger partial charge in [-0.3, -0.25) is 9.59 Å². The van der Waals surface area contributed by atoms with Crippen molar-refractivity contribution in [3.63, 3.8) is 0 Å². The van der Waals surface area contributed by atoms with Gasteiger partial charge in [0.2, 0.25) is 11.8 Å². The quantitative estimate of drug-likeness (QED) is 0.814. The lowest BCUT2D eigenvalue weighted by Gasteiger charge is -2.20. The highest BCUT2D eigenvalue weighted by Gasteiger charge is 2.29. The topological polar surface area (TPSA) is 58.2 Å². The Morgan fingerprint density at radius 1 is 1.04 bits per heavy atom. The molecule has 1 saturated carbocycles. The van der Waals surface area contributed by atoms with Crippen molar-refractivity contribution in [3.8, 4) is 0 Å². The average Bonchev–Trinajstić information content (AvgIpc) is 3.47. The number of amides is 2. The third-order valence-electron chi connectivity index (χ3n) is 4.26. The molecule has 25 heavy (non-hydrogen) atoms. The van der Waals surface area contributed by atoms with E-state index in [0.717, 1.165) is 24.0 Å². The van der Waals surface area contributed by atoms with Crippen LogP contribution in [0.15, 0.2) is 54.6 Å². The maximum absolute atomic E-state index is 13.1. The van der Waals surface area contributed by atoms with Gasteiger partial charge in [-0.25, -0.2) is 4.39 Å². The maximum Gasteiger partial charge on any atom is 0.239 e. The Balaban J connectivity index is 1.64. The second kappa shape index (κ2) is 7.92. The largest absolute Gasteiger partial charge is 0.347 e. The summed E-state index contributed by atoms with van der Waals surface area (Å²) >= 11 is 0. The summed E-state index contributed by atoms with van der Waals surface area (Å²) in [5.41, 5.74) is 1.89. The third-order valence-corrected chi connectivity index (χ3v) is 4.26. The van der Waals surface area contributed by atoms with Crippen LogP contribution < -0.4 is 10.6 Å². The van der Waals surface area contributed by atoms with Crippen LogP contribution in [-0.2, 0) is 16.0 Å². The maximum atomic E-state index is 13.1. The van der Waals surface area contributed by atoms with Crippen molar-refractivity contribution in [2.75, 3.05) is 6.54 Å². The highest BCUT2D eigenvalue weighted by atomic mass is 19.1. The lowest BCUT2D eigenvalue weighted by molar-refractivity contribution is -0.127. The molecule has 0 aromatic heterocycles. The van der Waals surface area contributed by atoms with Crippen LogP contribution >= 0.6 is 0 Å². The van der Waals surface area contributed by atoms with Gasteiger partial charge in [-0.2, -0.15) is 0 Å².